The van der Waals surface area contributed by atoms with E-state index in [9.17, 15) is 4.79 Å². The van der Waals surface area contributed by atoms with Gasteiger partial charge in [0.25, 0.3) is 5.56 Å². The molecule has 2 aromatic rings. The highest BCUT2D eigenvalue weighted by atomic mass is 32.1. The highest BCUT2D eigenvalue weighted by Gasteiger charge is 1.97. The van der Waals surface area contributed by atoms with Crippen molar-refractivity contribution >= 4 is 21.6 Å². The molecule has 0 aliphatic heterocycles. The van der Waals surface area contributed by atoms with Gasteiger partial charge in [-0.1, -0.05) is 11.5 Å². The van der Waals surface area contributed by atoms with Crippen LogP contribution in [0.3, 0.4) is 0 Å². The molecule has 0 saturated heterocycles. The molecule has 0 aliphatic carbocycles. The monoisotopic (exact) mass is 152 g/mol. The van der Waals surface area contributed by atoms with Gasteiger partial charge in [-0.3, -0.25) is 14.2 Å². The van der Waals surface area contributed by atoms with Gasteiger partial charge >= 0.3 is 0 Å². The first-order valence-electron chi connectivity index (χ1n) is 2.79. The summed E-state index contributed by atoms with van der Waals surface area (Å²) in [5, 5.41) is 0.674. The van der Waals surface area contributed by atoms with Crippen molar-refractivity contribution in [1.82, 2.24) is 9.36 Å². The number of hydrogen-bond donors (Lipinski definition) is 1. The van der Waals surface area contributed by atoms with E-state index >= 15 is 0 Å². The van der Waals surface area contributed by atoms with Gasteiger partial charge in [0, 0.05) is 12.4 Å². The third-order valence-corrected chi connectivity index (χ3v) is 2.14. The lowest BCUT2D eigenvalue weighted by Gasteiger charge is -1.79. The summed E-state index contributed by atoms with van der Waals surface area (Å²) >= 11 is 1.34. The van der Waals surface area contributed by atoms with Crippen LogP contribution in [0.4, 0.5) is 0 Å². The fourth-order valence-electron chi connectivity index (χ4n) is 0.798. The molecule has 0 amide bonds. The standard InChI is InChI=1S/C6H4N2OS/c9-6-4-3-7-2-1-5(4)10-8-6/h1-3H,(H,8,9). The van der Waals surface area contributed by atoms with Crippen LogP contribution >= 0.6 is 11.5 Å². The Hall–Kier alpha value is -1.16. The summed E-state index contributed by atoms with van der Waals surface area (Å²) in [5.74, 6) is 0. The summed E-state index contributed by atoms with van der Waals surface area (Å²) in [4.78, 5) is 14.7. The molecule has 2 rings (SSSR count). The van der Waals surface area contributed by atoms with Crippen molar-refractivity contribution in [2.45, 2.75) is 0 Å². The van der Waals surface area contributed by atoms with Crippen LogP contribution in [-0.2, 0) is 0 Å². The zero-order chi connectivity index (χ0) is 6.97. The lowest BCUT2D eigenvalue weighted by molar-refractivity contribution is 1.35. The number of aromatic nitrogens is 2. The maximum atomic E-state index is 10.9. The Morgan fingerprint density at radius 3 is 3.30 bits per heavy atom. The van der Waals surface area contributed by atoms with Crippen LogP contribution in [0.1, 0.15) is 0 Å². The molecule has 10 heavy (non-hydrogen) atoms. The predicted molar refractivity (Wildman–Crippen MR) is 40.2 cm³/mol. The van der Waals surface area contributed by atoms with Gasteiger partial charge in [-0.15, -0.1) is 0 Å². The van der Waals surface area contributed by atoms with Crippen LogP contribution in [0, 0.1) is 0 Å². The van der Waals surface area contributed by atoms with Gasteiger partial charge in [-0.2, -0.15) is 0 Å². The van der Waals surface area contributed by atoms with E-state index in [0.717, 1.165) is 4.70 Å². The van der Waals surface area contributed by atoms with Crippen LogP contribution in [0.2, 0.25) is 0 Å². The molecule has 3 nitrogen and oxygen atoms in total. The molecule has 0 spiro atoms. The summed E-state index contributed by atoms with van der Waals surface area (Å²) in [6, 6.07) is 1.82. The van der Waals surface area contributed by atoms with Crippen LogP contribution in [0.5, 0.6) is 0 Å². The van der Waals surface area contributed by atoms with E-state index < -0.39 is 0 Å². The van der Waals surface area contributed by atoms with E-state index in [0.29, 0.717) is 5.39 Å². The quantitative estimate of drug-likeness (QED) is 0.611. The maximum absolute atomic E-state index is 10.9. The first kappa shape index (κ1) is 5.61. The van der Waals surface area contributed by atoms with Crippen molar-refractivity contribution in [3.8, 4) is 0 Å². The van der Waals surface area contributed by atoms with Crippen molar-refractivity contribution in [1.29, 1.82) is 0 Å². The summed E-state index contributed by atoms with van der Waals surface area (Å²) in [6.45, 7) is 0. The van der Waals surface area contributed by atoms with E-state index in [1.165, 1.54) is 11.5 Å². The molecule has 0 atom stereocenters. The van der Waals surface area contributed by atoms with Gasteiger partial charge in [0.15, 0.2) is 0 Å². The van der Waals surface area contributed by atoms with Crippen LogP contribution in [0.25, 0.3) is 10.1 Å². The van der Waals surface area contributed by atoms with Crippen molar-refractivity contribution in [2.24, 2.45) is 0 Å². The van der Waals surface area contributed by atoms with E-state index in [1.54, 1.807) is 12.4 Å². The number of nitrogens with zero attached hydrogens (tertiary/aromatic N) is 1. The molecular formula is C6H4N2OS. The van der Waals surface area contributed by atoms with Gasteiger partial charge in [0.1, 0.15) is 0 Å². The highest BCUT2D eigenvalue weighted by Crippen LogP contribution is 2.09. The third kappa shape index (κ3) is 0.657. The van der Waals surface area contributed by atoms with Crippen LogP contribution in [-0.4, -0.2) is 9.36 Å². The summed E-state index contributed by atoms with van der Waals surface area (Å²) < 4.78 is 3.58. The lowest BCUT2D eigenvalue weighted by Crippen LogP contribution is -1.95. The molecule has 0 radical (unpaired) electrons. The fourth-order valence-corrected chi connectivity index (χ4v) is 1.49. The molecule has 0 aliphatic rings. The molecule has 0 bridgehead atoms. The van der Waals surface area contributed by atoms with Crippen molar-refractivity contribution in [3.63, 3.8) is 0 Å². The second-order valence-electron chi connectivity index (χ2n) is 1.91. The molecule has 4 heteroatoms. The Morgan fingerprint density at radius 1 is 1.60 bits per heavy atom. The molecular weight excluding hydrogens is 148 g/mol. The van der Waals surface area contributed by atoms with E-state index in [2.05, 4.69) is 9.36 Å². The Morgan fingerprint density at radius 2 is 2.50 bits per heavy atom. The summed E-state index contributed by atoms with van der Waals surface area (Å²) in [7, 11) is 0. The number of pyridine rings is 1. The number of fused-ring (bicyclic) bond motifs is 1. The molecule has 1 N–H and O–H groups in total. The SMILES string of the molecule is O=c1[nH]sc2ccncc12. The number of nitrogens with one attached hydrogen (secondary N) is 1. The number of H-pyrrole nitrogens is 1. The Kier molecular flexibility index (Phi) is 1.07. The molecule has 2 aromatic heterocycles. The maximum Gasteiger partial charge on any atom is 0.267 e. The van der Waals surface area contributed by atoms with Crippen molar-refractivity contribution < 1.29 is 0 Å². The van der Waals surface area contributed by atoms with Gasteiger partial charge in [0.2, 0.25) is 0 Å². The molecule has 0 fully saturated rings. The second-order valence-corrected chi connectivity index (χ2v) is 2.75. The zero-order valence-corrected chi connectivity index (χ0v) is 5.81. The van der Waals surface area contributed by atoms with Gasteiger partial charge in [-0.25, -0.2) is 0 Å². The van der Waals surface area contributed by atoms with Crippen LogP contribution < -0.4 is 5.56 Å². The molecule has 0 saturated carbocycles. The van der Waals surface area contributed by atoms with Crippen LogP contribution in [0.15, 0.2) is 23.3 Å². The first-order chi connectivity index (χ1) is 4.88. The van der Waals surface area contributed by atoms with E-state index in [1.807, 2.05) is 6.07 Å². The topological polar surface area (TPSA) is 45.8 Å². The van der Waals surface area contributed by atoms with Crippen molar-refractivity contribution in [3.05, 3.63) is 28.8 Å². The lowest BCUT2D eigenvalue weighted by atomic mass is 10.4. The average Bonchev–Trinajstić information content (AvgIpc) is 2.34. The number of aromatic amines is 1. The normalized spacial score (nSPS) is 10.4. The minimum atomic E-state index is -0.0481. The second kappa shape index (κ2) is 1.91. The van der Waals surface area contributed by atoms with Gasteiger partial charge in [0.05, 0.1) is 10.1 Å². The van der Waals surface area contributed by atoms with E-state index in [4.69, 9.17) is 0 Å². The fraction of sp³-hybridized carbons (Fsp3) is 0. The Labute approximate surface area is 60.5 Å². The minimum Gasteiger partial charge on any atom is -0.277 e. The van der Waals surface area contributed by atoms with Crippen molar-refractivity contribution in [2.75, 3.05) is 0 Å². The van der Waals surface area contributed by atoms with Gasteiger partial charge in [-0.05, 0) is 6.07 Å². The van der Waals surface area contributed by atoms with Gasteiger partial charge < -0.3 is 0 Å². The molecule has 2 heterocycles. The number of rotatable bonds is 0. The number of hydrogen-bond acceptors (Lipinski definition) is 3. The molecule has 0 aromatic carbocycles. The van der Waals surface area contributed by atoms with E-state index in [-0.39, 0.29) is 5.56 Å². The largest absolute Gasteiger partial charge is 0.277 e. The molecule has 0 unspecified atom stereocenters. The zero-order valence-electron chi connectivity index (χ0n) is 5.00. The Bertz CT molecular complexity index is 403. The summed E-state index contributed by atoms with van der Waals surface area (Å²) in [6.07, 6.45) is 3.25. The highest BCUT2D eigenvalue weighted by molar-refractivity contribution is 7.13. The smallest absolute Gasteiger partial charge is 0.267 e. The summed E-state index contributed by atoms with van der Waals surface area (Å²) in [5.41, 5.74) is -0.0481. The third-order valence-electron chi connectivity index (χ3n) is 1.28. The first-order valence-corrected chi connectivity index (χ1v) is 3.61. The Balaban J connectivity index is 3.07. The predicted octanol–water partition coefficient (Wildman–Crippen LogP) is 0.985. The minimum absolute atomic E-state index is 0.0481. The molecule has 50 valence electrons. The average molecular weight is 152 g/mol.